The Labute approximate surface area is 107 Å². The number of aryl methyl sites for hydroxylation is 1. The summed E-state index contributed by atoms with van der Waals surface area (Å²) < 4.78 is 24.0. The molecule has 0 atom stereocenters. The van der Waals surface area contributed by atoms with E-state index in [-0.39, 0.29) is 0 Å². The largest absolute Gasteiger partial charge is 0.316 e. The molecule has 0 radical (unpaired) electrons. The molecule has 7 heteroatoms. The lowest BCUT2D eigenvalue weighted by Gasteiger charge is -2.04. The molecule has 1 aromatic rings. The van der Waals surface area contributed by atoms with Gasteiger partial charge in [0, 0.05) is 18.0 Å². The molecular formula is C10H19N3O2S2. The van der Waals surface area contributed by atoms with E-state index in [0.717, 1.165) is 31.6 Å². The second-order valence-corrected chi connectivity index (χ2v) is 6.65. The Morgan fingerprint density at radius 3 is 2.71 bits per heavy atom. The zero-order valence-electron chi connectivity index (χ0n) is 10.2. The molecule has 17 heavy (non-hydrogen) atoms. The quantitative estimate of drug-likeness (QED) is 0.680. The van der Waals surface area contributed by atoms with E-state index in [1.165, 1.54) is 11.1 Å². The van der Waals surface area contributed by atoms with Crippen LogP contribution in [0.1, 0.15) is 17.0 Å². The van der Waals surface area contributed by atoms with E-state index in [2.05, 4.69) is 15.0 Å². The van der Waals surface area contributed by atoms with Crippen molar-refractivity contribution in [1.29, 1.82) is 0 Å². The third kappa shape index (κ3) is 6.72. The summed E-state index contributed by atoms with van der Waals surface area (Å²) in [6.45, 7) is 4.23. The van der Waals surface area contributed by atoms with Gasteiger partial charge in [0.15, 0.2) is 0 Å². The first-order valence-electron chi connectivity index (χ1n) is 5.53. The van der Waals surface area contributed by atoms with Gasteiger partial charge in [-0.15, -0.1) is 11.3 Å². The summed E-state index contributed by atoms with van der Waals surface area (Å²) in [6, 6.07) is 0. The number of aromatic nitrogens is 1. The van der Waals surface area contributed by atoms with Crippen LogP contribution in [0.15, 0.2) is 5.51 Å². The van der Waals surface area contributed by atoms with Crippen LogP contribution >= 0.6 is 11.3 Å². The van der Waals surface area contributed by atoms with Gasteiger partial charge in [-0.2, -0.15) is 0 Å². The Kier molecular flexibility index (Phi) is 6.04. The average Bonchev–Trinajstić information content (AvgIpc) is 2.61. The number of rotatable bonds is 8. The monoisotopic (exact) mass is 277 g/mol. The van der Waals surface area contributed by atoms with Crippen LogP contribution in [0.4, 0.5) is 0 Å². The molecule has 0 fully saturated rings. The number of hydrogen-bond acceptors (Lipinski definition) is 5. The molecule has 5 nitrogen and oxygen atoms in total. The van der Waals surface area contributed by atoms with Crippen LogP contribution in [0.3, 0.4) is 0 Å². The standard InChI is InChI=1S/C10H19N3O2S2/c1-9-10(16-8-12-9)4-7-11-5-3-6-13-17(2,14)15/h8,11,13H,3-7H2,1-2H3. The molecular weight excluding hydrogens is 258 g/mol. The molecule has 98 valence electrons. The minimum absolute atomic E-state index is 0.491. The van der Waals surface area contributed by atoms with Crippen LogP contribution in [0, 0.1) is 6.92 Å². The van der Waals surface area contributed by atoms with E-state index in [4.69, 9.17) is 0 Å². The molecule has 0 saturated heterocycles. The molecule has 1 aromatic heterocycles. The maximum absolute atomic E-state index is 10.8. The van der Waals surface area contributed by atoms with E-state index in [1.54, 1.807) is 11.3 Å². The molecule has 0 spiro atoms. The van der Waals surface area contributed by atoms with E-state index in [9.17, 15) is 8.42 Å². The van der Waals surface area contributed by atoms with Crippen LogP contribution in [0.25, 0.3) is 0 Å². The number of hydrogen-bond donors (Lipinski definition) is 2. The molecule has 0 bridgehead atoms. The highest BCUT2D eigenvalue weighted by atomic mass is 32.2. The minimum Gasteiger partial charge on any atom is -0.316 e. The Bertz CT molecular complexity index is 429. The van der Waals surface area contributed by atoms with Gasteiger partial charge >= 0.3 is 0 Å². The number of thiazole rings is 1. The van der Waals surface area contributed by atoms with Crippen LogP contribution in [0.2, 0.25) is 0 Å². The molecule has 1 rings (SSSR count). The maximum Gasteiger partial charge on any atom is 0.208 e. The van der Waals surface area contributed by atoms with Gasteiger partial charge in [-0.25, -0.2) is 18.1 Å². The van der Waals surface area contributed by atoms with Crippen molar-refractivity contribution in [3.05, 3.63) is 16.1 Å². The molecule has 0 aliphatic heterocycles. The summed E-state index contributed by atoms with van der Waals surface area (Å²) in [4.78, 5) is 5.50. The van der Waals surface area contributed by atoms with Crippen molar-refractivity contribution in [1.82, 2.24) is 15.0 Å². The van der Waals surface area contributed by atoms with Crippen molar-refractivity contribution in [2.24, 2.45) is 0 Å². The summed E-state index contributed by atoms with van der Waals surface area (Å²) in [5, 5.41) is 3.28. The van der Waals surface area contributed by atoms with Crippen molar-refractivity contribution >= 4 is 21.4 Å². The first-order chi connectivity index (χ1) is 7.99. The fraction of sp³-hybridized carbons (Fsp3) is 0.700. The van der Waals surface area contributed by atoms with E-state index in [0.29, 0.717) is 6.54 Å². The average molecular weight is 277 g/mol. The van der Waals surface area contributed by atoms with E-state index in [1.807, 2.05) is 12.4 Å². The third-order valence-corrected chi connectivity index (χ3v) is 3.99. The van der Waals surface area contributed by atoms with Crippen LogP contribution in [-0.2, 0) is 16.4 Å². The molecule has 2 N–H and O–H groups in total. The molecule has 0 aliphatic carbocycles. The first-order valence-corrected chi connectivity index (χ1v) is 8.30. The summed E-state index contributed by atoms with van der Waals surface area (Å²) >= 11 is 1.68. The fourth-order valence-corrected chi connectivity index (χ4v) is 2.66. The lowest BCUT2D eigenvalue weighted by molar-refractivity contribution is 0.579. The van der Waals surface area contributed by atoms with Gasteiger partial charge in [-0.1, -0.05) is 0 Å². The Morgan fingerprint density at radius 2 is 2.12 bits per heavy atom. The predicted molar refractivity (Wildman–Crippen MR) is 70.9 cm³/mol. The number of nitrogens with zero attached hydrogens (tertiary/aromatic N) is 1. The second-order valence-electron chi connectivity index (χ2n) is 3.88. The Hall–Kier alpha value is -0.500. The summed E-state index contributed by atoms with van der Waals surface area (Å²) in [6.07, 6.45) is 2.96. The van der Waals surface area contributed by atoms with Gasteiger partial charge in [0.25, 0.3) is 0 Å². The van der Waals surface area contributed by atoms with Gasteiger partial charge in [0.05, 0.1) is 17.5 Å². The van der Waals surface area contributed by atoms with E-state index < -0.39 is 10.0 Å². The van der Waals surface area contributed by atoms with Crippen molar-refractivity contribution in [2.45, 2.75) is 19.8 Å². The summed E-state index contributed by atoms with van der Waals surface area (Å²) in [5.41, 5.74) is 2.97. The predicted octanol–water partition coefficient (Wildman–Crippen LogP) is 0.523. The SMILES string of the molecule is Cc1ncsc1CCNCCCNS(C)(=O)=O. The highest BCUT2D eigenvalue weighted by Crippen LogP contribution is 2.11. The second kappa shape index (κ2) is 7.05. The highest BCUT2D eigenvalue weighted by molar-refractivity contribution is 7.88. The van der Waals surface area contributed by atoms with Crippen molar-refractivity contribution in [3.8, 4) is 0 Å². The van der Waals surface area contributed by atoms with Crippen LogP contribution in [0.5, 0.6) is 0 Å². The first kappa shape index (κ1) is 14.6. The normalized spacial score (nSPS) is 11.9. The molecule has 1 heterocycles. The topological polar surface area (TPSA) is 71.1 Å². The Balaban J connectivity index is 2.00. The fourth-order valence-electron chi connectivity index (χ4n) is 1.36. The molecule has 0 unspecified atom stereocenters. The van der Waals surface area contributed by atoms with Crippen LogP contribution in [-0.4, -0.2) is 39.3 Å². The van der Waals surface area contributed by atoms with Gasteiger partial charge in [0.2, 0.25) is 10.0 Å². The maximum atomic E-state index is 10.8. The Morgan fingerprint density at radius 1 is 1.35 bits per heavy atom. The highest BCUT2D eigenvalue weighted by Gasteiger charge is 2.01. The summed E-state index contributed by atoms with van der Waals surface area (Å²) in [7, 11) is -3.04. The van der Waals surface area contributed by atoms with Crippen molar-refractivity contribution in [2.75, 3.05) is 25.9 Å². The number of nitrogens with one attached hydrogen (secondary N) is 2. The van der Waals surface area contributed by atoms with E-state index >= 15 is 0 Å². The smallest absolute Gasteiger partial charge is 0.208 e. The lowest BCUT2D eigenvalue weighted by Crippen LogP contribution is -2.27. The molecule has 0 aliphatic rings. The molecule has 0 aromatic carbocycles. The van der Waals surface area contributed by atoms with Crippen molar-refractivity contribution < 1.29 is 8.42 Å². The van der Waals surface area contributed by atoms with Crippen molar-refractivity contribution in [3.63, 3.8) is 0 Å². The van der Waals surface area contributed by atoms with Gasteiger partial charge < -0.3 is 5.32 Å². The summed E-state index contributed by atoms with van der Waals surface area (Å²) in [5.74, 6) is 0. The minimum atomic E-state index is -3.04. The zero-order valence-corrected chi connectivity index (χ0v) is 11.8. The van der Waals surface area contributed by atoms with Gasteiger partial charge in [0.1, 0.15) is 0 Å². The number of sulfonamides is 1. The lowest BCUT2D eigenvalue weighted by atomic mass is 10.3. The van der Waals surface area contributed by atoms with Crippen LogP contribution < -0.4 is 10.0 Å². The molecule has 0 amide bonds. The zero-order chi connectivity index (χ0) is 12.7. The third-order valence-electron chi connectivity index (χ3n) is 2.27. The van der Waals surface area contributed by atoms with Gasteiger partial charge in [-0.05, 0) is 26.3 Å². The molecule has 0 saturated carbocycles. The van der Waals surface area contributed by atoms with Gasteiger partial charge in [-0.3, -0.25) is 0 Å².